The Labute approximate surface area is 95.9 Å². The van der Waals surface area contributed by atoms with Gasteiger partial charge in [0.05, 0.1) is 18.1 Å². The van der Waals surface area contributed by atoms with Crippen molar-refractivity contribution in [1.82, 2.24) is 14.9 Å². The number of rotatable bonds is 5. The van der Waals surface area contributed by atoms with Crippen LogP contribution in [0.15, 0.2) is 12.4 Å². The van der Waals surface area contributed by atoms with Crippen molar-refractivity contribution in [3.8, 4) is 0 Å². The summed E-state index contributed by atoms with van der Waals surface area (Å²) < 4.78 is 0. The van der Waals surface area contributed by atoms with Gasteiger partial charge in [-0.1, -0.05) is 0 Å². The maximum atomic E-state index is 5.53. The Balaban J connectivity index is 1.63. The van der Waals surface area contributed by atoms with Crippen LogP contribution in [0.2, 0.25) is 0 Å². The zero-order valence-corrected chi connectivity index (χ0v) is 9.47. The number of nitrogen functional groups attached to an aromatic ring is 1. The Kier molecular flexibility index (Phi) is 2.52. The van der Waals surface area contributed by atoms with Gasteiger partial charge < -0.3 is 5.73 Å². The van der Waals surface area contributed by atoms with Gasteiger partial charge in [-0.15, -0.1) is 0 Å². The molecule has 2 aliphatic rings. The molecule has 3 rings (SSSR count). The molecule has 0 aromatic carbocycles. The van der Waals surface area contributed by atoms with Gasteiger partial charge in [0.2, 0.25) is 0 Å². The quantitative estimate of drug-likeness (QED) is 0.812. The average Bonchev–Trinajstić information content (AvgIpc) is 3.14. The van der Waals surface area contributed by atoms with E-state index in [4.69, 9.17) is 5.73 Å². The van der Waals surface area contributed by atoms with Gasteiger partial charge in [-0.25, -0.2) is 4.98 Å². The molecule has 0 saturated heterocycles. The molecule has 2 N–H and O–H groups in total. The molecule has 0 amide bonds. The Bertz CT molecular complexity index is 354. The van der Waals surface area contributed by atoms with Gasteiger partial charge in [0.1, 0.15) is 5.82 Å². The molecule has 1 aromatic rings. The highest BCUT2D eigenvalue weighted by molar-refractivity contribution is 5.22. The van der Waals surface area contributed by atoms with E-state index in [2.05, 4.69) is 14.9 Å². The lowest BCUT2D eigenvalue weighted by molar-refractivity contribution is 0.241. The first-order valence-electron chi connectivity index (χ1n) is 6.12. The molecule has 1 heterocycles. The molecule has 0 bridgehead atoms. The van der Waals surface area contributed by atoms with E-state index in [0.717, 1.165) is 24.2 Å². The highest BCUT2D eigenvalue weighted by Gasteiger charge is 2.33. The highest BCUT2D eigenvalue weighted by Crippen LogP contribution is 2.35. The van der Waals surface area contributed by atoms with E-state index in [1.54, 1.807) is 12.4 Å². The van der Waals surface area contributed by atoms with Gasteiger partial charge in [-0.3, -0.25) is 9.88 Å². The van der Waals surface area contributed by atoms with Crippen LogP contribution >= 0.6 is 0 Å². The van der Waals surface area contributed by atoms with Crippen LogP contribution in [-0.2, 0) is 6.54 Å². The first kappa shape index (κ1) is 10.0. The summed E-state index contributed by atoms with van der Waals surface area (Å²) in [6.45, 7) is 2.19. The van der Waals surface area contributed by atoms with Gasteiger partial charge in [0, 0.05) is 19.1 Å². The summed E-state index contributed by atoms with van der Waals surface area (Å²) in [4.78, 5) is 11.0. The summed E-state index contributed by atoms with van der Waals surface area (Å²) in [7, 11) is 0. The summed E-state index contributed by atoms with van der Waals surface area (Å²) in [6.07, 6.45) is 8.99. The van der Waals surface area contributed by atoms with Crippen molar-refractivity contribution in [2.45, 2.75) is 38.3 Å². The number of aromatic nitrogens is 2. The number of anilines is 1. The Morgan fingerprint density at radius 1 is 1.19 bits per heavy atom. The van der Waals surface area contributed by atoms with Crippen LogP contribution in [0, 0.1) is 5.92 Å². The Hall–Kier alpha value is -1.16. The second kappa shape index (κ2) is 4.01. The maximum absolute atomic E-state index is 5.53. The fourth-order valence-corrected chi connectivity index (χ4v) is 2.07. The second-order valence-corrected chi connectivity index (χ2v) is 5.04. The topological polar surface area (TPSA) is 55.0 Å². The van der Waals surface area contributed by atoms with Crippen molar-refractivity contribution in [2.24, 2.45) is 5.92 Å². The normalized spacial score (nSPS) is 20.3. The van der Waals surface area contributed by atoms with E-state index in [1.807, 2.05) is 0 Å². The summed E-state index contributed by atoms with van der Waals surface area (Å²) in [5, 5.41) is 0. The fraction of sp³-hybridized carbons (Fsp3) is 0.667. The minimum atomic E-state index is 0.504. The molecule has 2 aliphatic carbocycles. The molecule has 0 aliphatic heterocycles. The fourth-order valence-electron chi connectivity index (χ4n) is 2.07. The van der Waals surface area contributed by atoms with E-state index in [1.165, 1.54) is 32.2 Å². The van der Waals surface area contributed by atoms with Crippen LogP contribution in [0.25, 0.3) is 0 Å². The van der Waals surface area contributed by atoms with Crippen LogP contribution in [-0.4, -0.2) is 27.5 Å². The van der Waals surface area contributed by atoms with E-state index >= 15 is 0 Å². The lowest BCUT2D eigenvalue weighted by Crippen LogP contribution is -2.28. The van der Waals surface area contributed by atoms with E-state index in [0.29, 0.717) is 5.82 Å². The van der Waals surface area contributed by atoms with Gasteiger partial charge in [0.25, 0.3) is 0 Å². The summed E-state index contributed by atoms with van der Waals surface area (Å²) >= 11 is 0. The van der Waals surface area contributed by atoms with Crippen molar-refractivity contribution < 1.29 is 0 Å². The third-order valence-electron chi connectivity index (χ3n) is 3.34. The lowest BCUT2D eigenvalue weighted by Gasteiger charge is -2.21. The van der Waals surface area contributed by atoms with Gasteiger partial charge >= 0.3 is 0 Å². The summed E-state index contributed by atoms with van der Waals surface area (Å²) in [5.74, 6) is 1.45. The van der Waals surface area contributed by atoms with E-state index in [9.17, 15) is 0 Å². The molecule has 2 saturated carbocycles. The number of hydrogen-bond acceptors (Lipinski definition) is 4. The zero-order valence-electron chi connectivity index (χ0n) is 9.47. The SMILES string of the molecule is Nc1cnc(CN(CC2CC2)C2CC2)cn1. The van der Waals surface area contributed by atoms with Crippen molar-refractivity contribution in [3.05, 3.63) is 18.1 Å². The minimum Gasteiger partial charge on any atom is -0.382 e. The molecule has 0 atom stereocenters. The predicted molar refractivity (Wildman–Crippen MR) is 62.6 cm³/mol. The van der Waals surface area contributed by atoms with Crippen LogP contribution in [0.3, 0.4) is 0 Å². The number of hydrogen-bond donors (Lipinski definition) is 1. The van der Waals surface area contributed by atoms with Gasteiger partial charge in [-0.2, -0.15) is 0 Å². The molecule has 2 fully saturated rings. The molecule has 4 nitrogen and oxygen atoms in total. The molecular formula is C12H18N4. The van der Waals surface area contributed by atoms with Crippen molar-refractivity contribution in [2.75, 3.05) is 12.3 Å². The third-order valence-corrected chi connectivity index (χ3v) is 3.34. The van der Waals surface area contributed by atoms with Crippen molar-refractivity contribution in [3.63, 3.8) is 0 Å². The van der Waals surface area contributed by atoms with E-state index in [-0.39, 0.29) is 0 Å². The first-order valence-corrected chi connectivity index (χ1v) is 6.12. The standard InChI is InChI=1S/C12H18N4/c13-12-6-14-10(5-15-12)8-16(11-3-4-11)7-9-1-2-9/h5-6,9,11H,1-4,7-8H2,(H2,13,15). The zero-order chi connectivity index (χ0) is 11.0. The third kappa shape index (κ3) is 2.50. The van der Waals surface area contributed by atoms with Crippen LogP contribution in [0.4, 0.5) is 5.82 Å². The van der Waals surface area contributed by atoms with Crippen molar-refractivity contribution >= 4 is 5.82 Å². The molecular weight excluding hydrogens is 200 g/mol. The van der Waals surface area contributed by atoms with Gasteiger partial charge in [-0.05, 0) is 31.6 Å². The summed E-state index contributed by atoms with van der Waals surface area (Å²) in [5.41, 5.74) is 6.58. The second-order valence-electron chi connectivity index (χ2n) is 5.04. The predicted octanol–water partition coefficient (Wildman–Crippen LogP) is 1.43. The monoisotopic (exact) mass is 218 g/mol. The lowest BCUT2D eigenvalue weighted by atomic mass is 10.3. The largest absolute Gasteiger partial charge is 0.382 e. The highest BCUT2D eigenvalue weighted by atomic mass is 15.2. The molecule has 1 aromatic heterocycles. The Morgan fingerprint density at radius 2 is 2.00 bits per heavy atom. The number of nitrogens with two attached hydrogens (primary N) is 1. The maximum Gasteiger partial charge on any atom is 0.141 e. The van der Waals surface area contributed by atoms with E-state index < -0.39 is 0 Å². The van der Waals surface area contributed by atoms with Gasteiger partial charge in [0.15, 0.2) is 0 Å². The molecule has 0 unspecified atom stereocenters. The average molecular weight is 218 g/mol. The van der Waals surface area contributed by atoms with Crippen LogP contribution < -0.4 is 5.73 Å². The van der Waals surface area contributed by atoms with Crippen LogP contribution in [0.5, 0.6) is 0 Å². The molecule has 16 heavy (non-hydrogen) atoms. The Morgan fingerprint density at radius 3 is 2.56 bits per heavy atom. The van der Waals surface area contributed by atoms with Crippen molar-refractivity contribution in [1.29, 1.82) is 0 Å². The van der Waals surface area contributed by atoms with Crippen LogP contribution in [0.1, 0.15) is 31.4 Å². The smallest absolute Gasteiger partial charge is 0.141 e. The first-order chi connectivity index (χ1) is 7.81. The molecule has 0 spiro atoms. The minimum absolute atomic E-state index is 0.504. The molecule has 4 heteroatoms. The molecule has 86 valence electrons. The summed E-state index contributed by atoms with van der Waals surface area (Å²) in [6, 6.07) is 0.806. The molecule has 0 radical (unpaired) electrons. The number of nitrogens with zero attached hydrogens (tertiary/aromatic N) is 3.